The largest absolute Gasteiger partial charge is 0.276 e. The quantitative estimate of drug-likeness (QED) is 0.566. The number of carbonyl (C=O) groups is 1. The van der Waals surface area contributed by atoms with Gasteiger partial charge in [0.1, 0.15) is 0 Å². The summed E-state index contributed by atoms with van der Waals surface area (Å²) in [5.41, 5.74) is 0.604. The van der Waals surface area contributed by atoms with E-state index in [9.17, 15) is 4.79 Å². The van der Waals surface area contributed by atoms with Gasteiger partial charge in [0.25, 0.3) is 5.24 Å². The van der Waals surface area contributed by atoms with E-state index in [1.165, 1.54) is 0 Å². The van der Waals surface area contributed by atoms with Gasteiger partial charge in [-0.3, -0.25) is 4.79 Å². The van der Waals surface area contributed by atoms with Crippen LogP contribution in [0.5, 0.6) is 0 Å². The van der Waals surface area contributed by atoms with Gasteiger partial charge in [-0.05, 0) is 29.8 Å². The fraction of sp³-hybridized carbons (Fsp3) is 0.222. The zero-order valence-corrected chi connectivity index (χ0v) is 10.1. The Morgan fingerprint density at radius 3 is 2.46 bits per heavy atom. The van der Waals surface area contributed by atoms with Crippen molar-refractivity contribution in [1.29, 1.82) is 0 Å². The van der Waals surface area contributed by atoms with Crippen molar-refractivity contribution in [3.63, 3.8) is 0 Å². The highest BCUT2D eigenvalue weighted by Crippen LogP contribution is 2.10. The molecule has 1 rings (SSSR count). The molecule has 0 spiro atoms. The predicted octanol–water partition coefficient (Wildman–Crippen LogP) is 2.41. The van der Waals surface area contributed by atoms with Crippen molar-refractivity contribution in [2.75, 3.05) is 0 Å². The van der Waals surface area contributed by atoms with E-state index in [0.717, 1.165) is 5.19 Å². The standard InChI is InChI=1S/C9H10Cl2OSi/c1-13(2)8-5-6(10)3-4-7(8)9(11)12/h3-5,13H,1-2H3. The second kappa shape index (κ2) is 4.27. The Morgan fingerprint density at radius 1 is 1.38 bits per heavy atom. The van der Waals surface area contributed by atoms with Crippen LogP contribution in [0.4, 0.5) is 0 Å². The van der Waals surface area contributed by atoms with Crippen molar-refractivity contribution in [3.8, 4) is 0 Å². The minimum Gasteiger partial charge on any atom is -0.276 e. The van der Waals surface area contributed by atoms with Crippen LogP contribution >= 0.6 is 23.2 Å². The molecule has 0 aliphatic rings. The maximum Gasteiger partial charge on any atom is 0.252 e. The Kier molecular flexibility index (Phi) is 3.53. The molecule has 0 aromatic heterocycles. The normalized spacial score (nSPS) is 10.5. The number of benzene rings is 1. The molecule has 13 heavy (non-hydrogen) atoms. The van der Waals surface area contributed by atoms with Gasteiger partial charge in [-0.1, -0.05) is 29.9 Å². The summed E-state index contributed by atoms with van der Waals surface area (Å²) < 4.78 is 0. The number of rotatable bonds is 2. The minimum absolute atomic E-state index is 0.395. The summed E-state index contributed by atoms with van der Waals surface area (Å²) in [6, 6.07) is 5.23. The highest BCUT2D eigenvalue weighted by Gasteiger charge is 2.12. The highest BCUT2D eigenvalue weighted by atomic mass is 35.5. The van der Waals surface area contributed by atoms with E-state index in [-0.39, 0.29) is 0 Å². The predicted molar refractivity (Wildman–Crippen MR) is 60.1 cm³/mol. The molecule has 1 aromatic carbocycles. The fourth-order valence-corrected chi connectivity index (χ4v) is 3.10. The topological polar surface area (TPSA) is 17.1 Å². The Morgan fingerprint density at radius 2 is 2.00 bits per heavy atom. The molecule has 0 radical (unpaired) electrons. The van der Waals surface area contributed by atoms with E-state index >= 15 is 0 Å². The summed E-state index contributed by atoms with van der Waals surface area (Å²) in [6.45, 7) is 4.27. The summed E-state index contributed by atoms with van der Waals surface area (Å²) in [7, 11) is -1.04. The molecule has 0 saturated heterocycles. The van der Waals surface area contributed by atoms with Crippen molar-refractivity contribution >= 4 is 42.4 Å². The van der Waals surface area contributed by atoms with Crippen LogP contribution in [-0.4, -0.2) is 14.0 Å². The smallest absolute Gasteiger partial charge is 0.252 e. The molecule has 0 fully saturated rings. The van der Waals surface area contributed by atoms with Gasteiger partial charge in [0, 0.05) is 10.6 Å². The second-order valence-corrected chi connectivity index (χ2v) is 6.87. The van der Waals surface area contributed by atoms with E-state index in [2.05, 4.69) is 13.1 Å². The number of carbonyl (C=O) groups excluding carboxylic acids is 1. The van der Waals surface area contributed by atoms with Crippen LogP contribution < -0.4 is 5.19 Å². The molecule has 0 saturated carbocycles. The summed E-state index contributed by atoms with van der Waals surface area (Å²) >= 11 is 11.3. The molecule has 0 unspecified atom stereocenters. The van der Waals surface area contributed by atoms with Gasteiger partial charge in [-0.25, -0.2) is 0 Å². The van der Waals surface area contributed by atoms with Crippen LogP contribution in [0.1, 0.15) is 10.4 Å². The number of hydrogen-bond donors (Lipinski definition) is 0. The molecule has 0 atom stereocenters. The van der Waals surface area contributed by atoms with E-state index in [1.54, 1.807) is 12.1 Å². The van der Waals surface area contributed by atoms with Crippen molar-refractivity contribution < 1.29 is 4.79 Å². The first-order valence-corrected chi connectivity index (χ1v) is 7.66. The van der Waals surface area contributed by atoms with Gasteiger partial charge in [0.05, 0.1) is 8.80 Å². The van der Waals surface area contributed by atoms with Crippen LogP contribution in [-0.2, 0) is 0 Å². The molecule has 70 valence electrons. The molecular weight excluding hydrogens is 223 g/mol. The van der Waals surface area contributed by atoms with Crippen LogP contribution in [0.3, 0.4) is 0 Å². The molecule has 1 aromatic rings. The van der Waals surface area contributed by atoms with Crippen LogP contribution in [0.2, 0.25) is 18.1 Å². The van der Waals surface area contributed by atoms with Gasteiger partial charge < -0.3 is 0 Å². The molecule has 0 amide bonds. The number of hydrogen-bond acceptors (Lipinski definition) is 1. The monoisotopic (exact) mass is 232 g/mol. The highest BCUT2D eigenvalue weighted by molar-refractivity contribution is 6.76. The van der Waals surface area contributed by atoms with E-state index in [4.69, 9.17) is 23.2 Å². The third kappa shape index (κ3) is 2.56. The van der Waals surface area contributed by atoms with Crippen LogP contribution in [0.15, 0.2) is 18.2 Å². The molecule has 4 heteroatoms. The minimum atomic E-state index is -1.04. The van der Waals surface area contributed by atoms with Gasteiger partial charge in [0.15, 0.2) is 0 Å². The fourth-order valence-electron chi connectivity index (χ4n) is 1.19. The average Bonchev–Trinajstić information content (AvgIpc) is 2.03. The van der Waals surface area contributed by atoms with Crippen molar-refractivity contribution in [2.45, 2.75) is 13.1 Å². The lowest BCUT2D eigenvalue weighted by atomic mass is 10.2. The van der Waals surface area contributed by atoms with Gasteiger partial charge in [-0.2, -0.15) is 0 Å². The van der Waals surface area contributed by atoms with Crippen LogP contribution in [0, 0.1) is 0 Å². The van der Waals surface area contributed by atoms with Gasteiger partial charge in [0.2, 0.25) is 0 Å². The van der Waals surface area contributed by atoms with E-state index < -0.39 is 14.0 Å². The molecular formula is C9H10Cl2OSi. The van der Waals surface area contributed by atoms with E-state index in [1.807, 2.05) is 6.07 Å². The summed E-state index contributed by atoms with van der Waals surface area (Å²) in [6.07, 6.45) is 0. The lowest BCUT2D eigenvalue weighted by molar-refractivity contribution is 0.108. The second-order valence-electron chi connectivity index (χ2n) is 3.16. The lowest BCUT2D eigenvalue weighted by Crippen LogP contribution is -2.27. The summed E-state index contributed by atoms with van der Waals surface area (Å²) in [4.78, 5) is 11.0. The lowest BCUT2D eigenvalue weighted by Gasteiger charge is -2.08. The molecule has 1 nitrogen and oxygen atoms in total. The molecule has 0 aliphatic heterocycles. The maximum absolute atomic E-state index is 11.0. The SMILES string of the molecule is C[SiH](C)c1cc(Cl)ccc1C(=O)Cl. The third-order valence-corrected chi connectivity index (χ3v) is 4.01. The first-order chi connectivity index (χ1) is 6.02. The zero-order chi connectivity index (χ0) is 10.0. The van der Waals surface area contributed by atoms with Crippen molar-refractivity contribution in [1.82, 2.24) is 0 Å². The zero-order valence-electron chi connectivity index (χ0n) is 7.47. The average molecular weight is 233 g/mol. The summed E-state index contributed by atoms with van der Waals surface area (Å²) in [5, 5.41) is 1.30. The molecule has 0 N–H and O–H groups in total. The maximum atomic E-state index is 11.0. The van der Waals surface area contributed by atoms with Crippen molar-refractivity contribution in [2.24, 2.45) is 0 Å². The van der Waals surface area contributed by atoms with Crippen molar-refractivity contribution in [3.05, 3.63) is 28.8 Å². The molecule has 0 aliphatic carbocycles. The summed E-state index contributed by atoms with van der Waals surface area (Å²) in [5.74, 6) is 0. The van der Waals surface area contributed by atoms with Gasteiger partial charge >= 0.3 is 0 Å². The number of halogens is 2. The Bertz CT molecular complexity index is 336. The van der Waals surface area contributed by atoms with Crippen LogP contribution in [0.25, 0.3) is 0 Å². The third-order valence-electron chi connectivity index (χ3n) is 1.85. The first kappa shape index (κ1) is 10.8. The Labute approximate surface area is 89.3 Å². The molecule has 0 bridgehead atoms. The first-order valence-electron chi connectivity index (χ1n) is 4.01. The molecule has 0 heterocycles. The van der Waals surface area contributed by atoms with Gasteiger partial charge in [-0.15, -0.1) is 0 Å². The van der Waals surface area contributed by atoms with E-state index in [0.29, 0.717) is 10.6 Å². The Balaban J connectivity index is 3.26. The Hall–Kier alpha value is -0.313.